The first-order valence-electron chi connectivity index (χ1n) is 6.94. The Morgan fingerprint density at radius 2 is 1.71 bits per heavy atom. The Kier molecular flexibility index (Phi) is 2.76. The summed E-state index contributed by atoms with van der Waals surface area (Å²) in [6.07, 6.45) is 1.83. The highest BCUT2D eigenvalue weighted by Gasteiger charge is 2.09. The molecule has 0 saturated heterocycles. The van der Waals surface area contributed by atoms with E-state index in [9.17, 15) is 0 Å². The first kappa shape index (κ1) is 12.5. The molecule has 0 aliphatic carbocycles. The van der Waals surface area contributed by atoms with Crippen LogP contribution in [0.25, 0.3) is 31.4 Å². The molecular formula is C18H14N2S. The van der Waals surface area contributed by atoms with Crippen LogP contribution in [0.15, 0.2) is 48.7 Å². The summed E-state index contributed by atoms with van der Waals surface area (Å²) in [6, 6.07) is 15.1. The minimum absolute atomic E-state index is 0.957. The molecule has 0 N–H and O–H groups in total. The fourth-order valence-corrected chi connectivity index (χ4v) is 3.84. The van der Waals surface area contributed by atoms with E-state index in [4.69, 9.17) is 0 Å². The first-order chi connectivity index (χ1) is 10.2. The van der Waals surface area contributed by atoms with E-state index in [2.05, 4.69) is 52.4 Å². The molecule has 0 amide bonds. The molecule has 2 heterocycles. The normalized spacial score (nSPS) is 11.3. The van der Waals surface area contributed by atoms with Crippen molar-refractivity contribution in [2.24, 2.45) is 0 Å². The van der Waals surface area contributed by atoms with Crippen LogP contribution in [0.3, 0.4) is 0 Å². The molecule has 4 rings (SSSR count). The van der Waals surface area contributed by atoms with Crippen LogP contribution in [-0.2, 0) is 0 Å². The van der Waals surface area contributed by atoms with E-state index in [0.717, 1.165) is 22.6 Å². The van der Waals surface area contributed by atoms with E-state index in [1.165, 1.54) is 20.2 Å². The molecule has 2 nitrogen and oxygen atoms in total. The van der Waals surface area contributed by atoms with Gasteiger partial charge in [0.2, 0.25) is 0 Å². The van der Waals surface area contributed by atoms with Gasteiger partial charge in [-0.1, -0.05) is 24.3 Å². The third-order valence-electron chi connectivity index (χ3n) is 3.72. The van der Waals surface area contributed by atoms with Crippen LogP contribution < -0.4 is 0 Å². The quantitative estimate of drug-likeness (QED) is 0.486. The Morgan fingerprint density at radius 1 is 0.905 bits per heavy atom. The van der Waals surface area contributed by atoms with E-state index in [-0.39, 0.29) is 0 Å². The van der Waals surface area contributed by atoms with Gasteiger partial charge in [0.15, 0.2) is 0 Å². The van der Waals surface area contributed by atoms with Gasteiger partial charge in [-0.2, -0.15) is 0 Å². The van der Waals surface area contributed by atoms with E-state index in [1.54, 1.807) is 0 Å². The van der Waals surface area contributed by atoms with Gasteiger partial charge in [0.05, 0.1) is 17.1 Å². The molecule has 4 aromatic rings. The molecule has 2 aromatic carbocycles. The molecule has 0 aliphatic heterocycles. The second-order valence-corrected chi connectivity index (χ2v) is 6.34. The first-order valence-corrected chi connectivity index (χ1v) is 7.76. The van der Waals surface area contributed by atoms with Crippen LogP contribution in [0, 0.1) is 13.8 Å². The zero-order valence-corrected chi connectivity index (χ0v) is 12.7. The third kappa shape index (κ3) is 2.01. The summed E-state index contributed by atoms with van der Waals surface area (Å²) in [6.45, 7) is 3.99. The number of nitrogens with zero attached hydrogens (tertiary/aromatic N) is 2. The van der Waals surface area contributed by atoms with E-state index < -0.39 is 0 Å². The largest absolute Gasteiger partial charge is 0.255 e. The van der Waals surface area contributed by atoms with Crippen molar-refractivity contribution in [3.8, 4) is 11.3 Å². The second kappa shape index (κ2) is 4.64. The predicted molar refractivity (Wildman–Crippen MR) is 89.8 cm³/mol. The lowest BCUT2D eigenvalue weighted by Crippen LogP contribution is -1.94. The molecule has 0 saturated carbocycles. The summed E-state index contributed by atoms with van der Waals surface area (Å²) in [5.41, 5.74) is 4.04. The highest BCUT2D eigenvalue weighted by Crippen LogP contribution is 2.36. The van der Waals surface area contributed by atoms with E-state index in [0.29, 0.717) is 0 Å². The summed E-state index contributed by atoms with van der Waals surface area (Å²) in [4.78, 5) is 9.08. The predicted octanol–water partition coefficient (Wildman–Crippen LogP) is 5.13. The van der Waals surface area contributed by atoms with Gasteiger partial charge < -0.3 is 0 Å². The molecule has 0 radical (unpaired) electrons. The fourth-order valence-electron chi connectivity index (χ4n) is 2.75. The van der Waals surface area contributed by atoms with Gasteiger partial charge in [-0.05, 0) is 32.0 Å². The van der Waals surface area contributed by atoms with Crippen LogP contribution in [0.2, 0.25) is 0 Å². The molecule has 102 valence electrons. The van der Waals surface area contributed by atoms with Crippen molar-refractivity contribution in [2.45, 2.75) is 13.8 Å². The van der Waals surface area contributed by atoms with E-state index >= 15 is 0 Å². The van der Waals surface area contributed by atoms with Crippen molar-refractivity contribution >= 4 is 31.5 Å². The summed E-state index contributed by atoms with van der Waals surface area (Å²) in [5.74, 6) is 0. The molecule has 2 aromatic heterocycles. The van der Waals surface area contributed by atoms with Crippen molar-refractivity contribution < 1.29 is 0 Å². The number of hydrogen-bond donors (Lipinski definition) is 0. The molecular weight excluding hydrogens is 276 g/mol. The van der Waals surface area contributed by atoms with Crippen LogP contribution in [0.4, 0.5) is 0 Å². The van der Waals surface area contributed by atoms with Crippen LogP contribution in [-0.4, -0.2) is 9.97 Å². The molecule has 21 heavy (non-hydrogen) atoms. The molecule has 0 atom stereocenters. The maximum absolute atomic E-state index is 4.56. The maximum Gasteiger partial charge on any atom is 0.0914 e. The minimum Gasteiger partial charge on any atom is -0.255 e. The number of aromatic nitrogens is 2. The number of thiophene rings is 1. The average Bonchev–Trinajstić information content (AvgIpc) is 2.85. The smallest absolute Gasteiger partial charge is 0.0914 e. The summed E-state index contributed by atoms with van der Waals surface area (Å²) in [5, 5.41) is 2.62. The molecule has 0 fully saturated rings. The van der Waals surface area contributed by atoms with Crippen LogP contribution in [0.5, 0.6) is 0 Å². The Hall–Kier alpha value is -2.26. The van der Waals surface area contributed by atoms with Gasteiger partial charge in [0.1, 0.15) is 0 Å². The molecule has 0 aliphatic rings. The van der Waals surface area contributed by atoms with E-state index in [1.807, 2.05) is 31.4 Å². The van der Waals surface area contributed by atoms with Crippen molar-refractivity contribution in [3.05, 3.63) is 60.0 Å². The van der Waals surface area contributed by atoms with Gasteiger partial charge in [0, 0.05) is 31.9 Å². The van der Waals surface area contributed by atoms with Crippen molar-refractivity contribution in [1.82, 2.24) is 9.97 Å². The monoisotopic (exact) mass is 290 g/mol. The topological polar surface area (TPSA) is 25.8 Å². The van der Waals surface area contributed by atoms with Crippen LogP contribution in [0.1, 0.15) is 11.4 Å². The highest BCUT2D eigenvalue weighted by molar-refractivity contribution is 7.25. The Labute approximate surface area is 127 Å². The number of rotatable bonds is 1. The number of hydrogen-bond acceptors (Lipinski definition) is 3. The number of fused-ring (bicyclic) bond motifs is 3. The lowest BCUT2D eigenvalue weighted by Gasteiger charge is -2.05. The zero-order chi connectivity index (χ0) is 14.4. The highest BCUT2D eigenvalue weighted by atomic mass is 32.1. The Morgan fingerprint density at radius 3 is 2.57 bits per heavy atom. The zero-order valence-electron chi connectivity index (χ0n) is 11.9. The minimum atomic E-state index is 0.957. The molecule has 3 heteroatoms. The molecule has 0 unspecified atom stereocenters. The summed E-state index contributed by atoms with van der Waals surface area (Å²) in [7, 11) is 0. The summed E-state index contributed by atoms with van der Waals surface area (Å²) >= 11 is 1.84. The van der Waals surface area contributed by atoms with Gasteiger partial charge in [0.25, 0.3) is 0 Å². The number of benzene rings is 2. The van der Waals surface area contributed by atoms with Gasteiger partial charge in [-0.25, -0.2) is 0 Å². The van der Waals surface area contributed by atoms with Crippen molar-refractivity contribution in [2.75, 3.05) is 0 Å². The summed E-state index contributed by atoms with van der Waals surface area (Å²) < 4.78 is 2.65. The van der Waals surface area contributed by atoms with Crippen molar-refractivity contribution in [1.29, 1.82) is 0 Å². The van der Waals surface area contributed by atoms with Crippen molar-refractivity contribution in [3.63, 3.8) is 0 Å². The maximum atomic E-state index is 4.56. The number of aryl methyl sites for hydroxylation is 2. The van der Waals surface area contributed by atoms with Crippen LogP contribution >= 0.6 is 11.3 Å². The molecule has 0 bridgehead atoms. The lowest BCUT2D eigenvalue weighted by molar-refractivity contribution is 1.06. The lowest BCUT2D eigenvalue weighted by atomic mass is 10.1. The second-order valence-electron chi connectivity index (χ2n) is 5.25. The van der Waals surface area contributed by atoms with Gasteiger partial charge in [-0.15, -0.1) is 11.3 Å². The molecule has 0 spiro atoms. The van der Waals surface area contributed by atoms with Gasteiger partial charge >= 0.3 is 0 Å². The SMILES string of the molecule is Cc1cnc(-c2ccc3sc4ccccc4c3c2)c(C)n1. The standard InChI is InChI=1S/C18H14N2S/c1-11-10-19-18(12(2)20-11)13-7-8-17-15(9-13)14-5-3-4-6-16(14)21-17/h3-10H,1-2H3. The average molecular weight is 290 g/mol. The Balaban J connectivity index is 1.99. The fraction of sp³-hybridized carbons (Fsp3) is 0.111. The van der Waals surface area contributed by atoms with Gasteiger partial charge in [-0.3, -0.25) is 9.97 Å². The third-order valence-corrected chi connectivity index (χ3v) is 4.87. The Bertz CT molecular complexity index is 969.